The Kier molecular flexibility index (Phi) is 7.49. The maximum absolute atomic E-state index is 12.2. The summed E-state index contributed by atoms with van der Waals surface area (Å²) in [6.07, 6.45) is 1.10. The van der Waals surface area contributed by atoms with Crippen LogP contribution >= 0.6 is 15.9 Å². The summed E-state index contributed by atoms with van der Waals surface area (Å²) < 4.78 is 6.64. The maximum atomic E-state index is 12.2. The Balaban J connectivity index is 1.78. The smallest absolute Gasteiger partial charge is 0.224 e. The topological polar surface area (TPSA) is 38.3 Å². The summed E-state index contributed by atoms with van der Waals surface area (Å²) in [5.41, 5.74) is 3.41. The van der Waals surface area contributed by atoms with Gasteiger partial charge < -0.3 is 10.1 Å². The van der Waals surface area contributed by atoms with Crippen LogP contribution in [0.4, 0.5) is 5.69 Å². The van der Waals surface area contributed by atoms with Crippen molar-refractivity contribution in [1.29, 1.82) is 0 Å². The molecule has 0 aliphatic rings. The molecule has 1 amide bonds. The molecule has 0 saturated carbocycles. The monoisotopic (exact) mass is 431 g/mol. The normalized spacial score (nSPS) is 11.5. The predicted molar refractivity (Wildman–Crippen MR) is 117 cm³/mol. The molecule has 2 aromatic carbocycles. The molecule has 0 heterocycles. The van der Waals surface area contributed by atoms with Crippen molar-refractivity contribution in [3.8, 4) is 5.75 Å². The van der Waals surface area contributed by atoms with Gasteiger partial charge in [-0.2, -0.15) is 0 Å². The van der Waals surface area contributed by atoms with Crippen LogP contribution in [0.15, 0.2) is 46.9 Å². The molecular weight excluding hydrogens is 402 g/mol. The Bertz CT molecular complexity index is 761. The van der Waals surface area contributed by atoms with Gasteiger partial charge in [0.05, 0.1) is 12.3 Å². The van der Waals surface area contributed by atoms with E-state index < -0.39 is 0 Å². The van der Waals surface area contributed by atoms with Crippen LogP contribution in [0.5, 0.6) is 5.75 Å². The maximum Gasteiger partial charge on any atom is 0.224 e. The molecule has 0 atom stereocenters. The Morgan fingerprint density at radius 2 is 1.78 bits per heavy atom. The van der Waals surface area contributed by atoms with Gasteiger partial charge in [0.2, 0.25) is 5.91 Å². The van der Waals surface area contributed by atoms with E-state index in [2.05, 4.69) is 80.1 Å². The first-order valence-electron chi connectivity index (χ1n) is 9.49. The number of halogens is 1. The quantitative estimate of drug-likeness (QED) is 0.497. The summed E-state index contributed by atoms with van der Waals surface area (Å²) in [4.78, 5) is 12.2. The molecule has 0 saturated heterocycles. The van der Waals surface area contributed by atoms with E-state index >= 15 is 0 Å². The van der Waals surface area contributed by atoms with Gasteiger partial charge in [0.1, 0.15) is 5.75 Å². The average molecular weight is 432 g/mol. The molecule has 0 aliphatic heterocycles. The van der Waals surface area contributed by atoms with Crippen LogP contribution in [-0.4, -0.2) is 12.5 Å². The fourth-order valence-corrected chi connectivity index (χ4v) is 3.15. The van der Waals surface area contributed by atoms with Crippen molar-refractivity contribution in [1.82, 2.24) is 0 Å². The van der Waals surface area contributed by atoms with Crippen LogP contribution in [0.2, 0.25) is 0 Å². The fourth-order valence-electron chi connectivity index (χ4n) is 2.67. The van der Waals surface area contributed by atoms with Gasteiger partial charge in [-0.3, -0.25) is 4.79 Å². The molecule has 3 nitrogen and oxygen atoms in total. The third kappa shape index (κ3) is 6.69. The number of hydrogen-bond acceptors (Lipinski definition) is 2. The third-order valence-electron chi connectivity index (χ3n) is 4.47. The van der Waals surface area contributed by atoms with Crippen molar-refractivity contribution < 1.29 is 9.53 Å². The minimum atomic E-state index is -0.00188. The van der Waals surface area contributed by atoms with Crippen molar-refractivity contribution in [3.05, 3.63) is 58.1 Å². The number of carbonyl (C=O) groups excluding carboxylic acids is 1. The van der Waals surface area contributed by atoms with E-state index in [1.807, 2.05) is 18.2 Å². The van der Waals surface area contributed by atoms with Gasteiger partial charge in [-0.15, -0.1) is 0 Å². The first-order chi connectivity index (χ1) is 12.7. The van der Waals surface area contributed by atoms with Crippen LogP contribution in [-0.2, 0) is 10.2 Å². The lowest BCUT2D eigenvalue weighted by atomic mass is 9.87. The Morgan fingerprint density at radius 1 is 1.11 bits per heavy atom. The van der Waals surface area contributed by atoms with E-state index in [-0.39, 0.29) is 11.3 Å². The molecule has 1 N–H and O–H groups in total. The second-order valence-electron chi connectivity index (χ2n) is 8.17. The standard InChI is InChI=1S/C23H30BrNO2/c1-16(2)17-8-11-19(12-9-17)27-14-6-7-22(26)25-21-13-10-18(15-20(21)24)23(3,4)5/h8-13,15-16H,6-7,14H2,1-5H3,(H,25,26). The fraction of sp³-hybridized carbons (Fsp3) is 0.435. The average Bonchev–Trinajstić information content (AvgIpc) is 2.60. The van der Waals surface area contributed by atoms with Gasteiger partial charge in [-0.1, -0.05) is 52.8 Å². The van der Waals surface area contributed by atoms with E-state index in [9.17, 15) is 4.79 Å². The Labute approximate surface area is 171 Å². The number of rotatable bonds is 7. The number of benzene rings is 2. The molecule has 0 fully saturated rings. The Hall–Kier alpha value is -1.81. The molecule has 27 heavy (non-hydrogen) atoms. The van der Waals surface area contributed by atoms with E-state index in [4.69, 9.17) is 4.74 Å². The lowest BCUT2D eigenvalue weighted by Gasteiger charge is -2.20. The van der Waals surface area contributed by atoms with Crippen LogP contribution in [0.3, 0.4) is 0 Å². The molecule has 2 aromatic rings. The first kappa shape index (κ1) is 21.5. The highest BCUT2D eigenvalue weighted by atomic mass is 79.9. The Morgan fingerprint density at radius 3 is 2.33 bits per heavy atom. The second kappa shape index (κ2) is 9.41. The molecule has 0 bridgehead atoms. The zero-order valence-electron chi connectivity index (χ0n) is 16.9. The van der Waals surface area contributed by atoms with Crippen LogP contribution < -0.4 is 10.1 Å². The minimum absolute atomic E-state index is 0.00188. The zero-order chi connectivity index (χ0) is 20.0. The SMILES string of the molecule is CC(C)c1ccc(OCCCC(=O)Nc2ccc(C(C)(C)C)cc2Br)cc1. The molecule has 146 valence electrons. The number of nitrogens with one attached hydrogen (secondary N) is 1. The molecule has 0 unspecified atom stereocenters. The third-order valence-corrected chi connectivity index (χ3v) is 5.13. The van der Waals surface area contributed by atoms with E-state index in [1.54, 1.807) is 0 Å². The van der Waals surface area contributed by atoms with E-state index in [0.29, 0.717) is 25.4 Å². The highest BCUT2D eigenvalue weighted by Crippen LogP contribution is 2.30. The van der Waals surface area contributed by atoms with Gasteiger partial charge in [-0.25, -0.2) is 0 Å². The summed E-state index contributed by atoms with van der Waals surface area (Å²) in [6, 6.07) is 14.2. The summed E-state index contributed by atoms with van der Waals surface area (Å²) in [5.74, 6) is 1.36. The highest BCUT2D eigenvalue weighted by molar-refractivity contribution is 9.10. The van der Waals surface area contributed by atoms with Crippen molar-refractivity contribution >= 4 is 27.5 Å². The van der Waals surface area contributed by atoms with Gasteiger partial charge in [-0.05, 0) is 69.1 Å². The summed E-state index contributed by atoms with van der Waals surface area (Å²) in [7, 11) is 0. The number of hydrogen-bond donors (Lipinski definition) is 1. The molecule has 0 radical (unpaired) electrons. The first-order valence-corrected chi connectivity index (χ1v) is 10.3. The van der Waals surface area contributed by atoms with Crippen molar-refractivity contribution in [3.63, 3.8) is 0 Å². The lowest BCUT2D eigenvalue weighted by molar-refractivity contribution is -0.116. The second-order valence-corrected chi connectivity index (χ2v) is 9.02. The summed E-state index contributed by atoms with van der Waals surface area (Å²) >= 11 is 3.56. The van der Waals surface area contributed by atoms with E-state index in [1.165, 1.54) is 11.1 Å². The molecule has 0 aromatic heterocycles. The highest BCUT2D eigenvalue weighted by Gasteiger charge is 2.15. The number of amides is 1. The molecular formula is C23H30BrNO2. The van der Waals surface area contributed by atoms with Gasteiger partial charge >= 0.3 is 0 Å². The van der Waals surface area contributed by atoms with Crippen LogP contribution in [0.25, 0.3) is 0 Å². The minimum Gasteiger partial charge on any atom is -0.494 e. The number of carbonyl (C=O) groups is 1. The largest absolute Gasteiger partial charge is 0.494 e. The predicted octanol–water partition coefficient (Wildman–Crippen LogP) is 6.67. The van der Waals surface area contributed by atoms with Crippen molar-refractivity contribution in [2.75, 3.05) is 11.9 Å². The lowest BCUT2D eigenvalue weighted by Crippen LogP contribution is -2.14. The van der Waals surface area contributed by atoms with Crippen molar-refractivity contribution in [2.45, 2.75) is 58.8 Å². The molecule has 2 rings (SSSR count). The van der Waals surface area contributed by atoms with Crippen molar-refractivity contribution in [2.24, 2.45) is 0 Å². The van der Waals surface area contributed by atoms with E-state index in [0.717, 1.165) is 15.9 Å². The van der Waals surface area contributed by atoms with Gasteiger partial charge in [0.15, 0.2) is 0 Å². The number of anilines is 1. The molecule has 4 heteroatoms. The van der Waals surface area contributed by atoms with Gasteiger partial charge in [0.25, 0.3) is 0 Å². The summed E-state index contributed by atoms with van der Waals surface area (Å²) in [5, 5.41) is 2.97. The molecule has 0 aliphatic carbocycles. The summed E-state index contributed by atoms with van der Waals surface area (Å²) in [6.45, 7) is 11.4. The van der Waals surface area contributed by atoms with Crippen LogP contribution in [0, 0.1) is 0 Å². The molecule has 0 spiro atoms. The van der Waals surface area contributed by atoms with Crippen LogP contribution in [0.1, 0.15) is 64.5 Å². The number of ether oxygens (including phenoxy) is 1. The zero-order valence-corrected chi connectivity index (χ0v) is 18.5. The van der Waals surface area contributed by atoms with Gasteiger partial charge in [0, 0.05) is 10.9 Å².